The van der Waals surface area contributed by atoms with E-state index >= 15 is 0 Å². The molecule has 2 amide bonds. The van der Waals surface area contributed by atoms with Gasteiger partial charge in [-0.3, -0.25) is 13.9 Å². The molecular formula is C35H39N3O4S. The molecule has 0 aliphatic heterocycles. The summed E-state index contributed by atoms with van der Waals surface area (Å²) in [6.45, 7) is 5.82. The molecule has 224 valence electrons. The van der Waals surface area contributed by atoms with Gasteiger partial charge in [0.05, 0.1) is 10.6 Å². The SMILES string of the molecule is CCNC(=O)[C@@H](Cc1ccccc1)N(Cc1cccc(C)c1)C(=O)CN(c1ccccc1CC)S(=O)(=O)c1ccccc1. The van der Waals surface area contributed by atoms with Gasteiger partial charge in [0.2, 0.25) is 11.8 Å². The Morgan fingerprint density at radius 1 is 0.791 bits per heavy atom. The molecule has 0 aliphatic carbocycles. The van der Waals surface area contributed by atoms with Gasteiger partial charge in [0.1, 0.15) is 12.6 Å². The molecule has 0 aromatic heterocycles. The van der Waals surface area contributed by atoms with Gasteiger partial charge in [-0.25, -0.2) is 8.42 Å². The fourth-order valence-electron chi connectivity index (χ4n) is 5.14. The highest BCUT2D eigenvalue weighted by molar-refractivity contribution is 7.92. The molecule has 0 fully saturated rings. The number of likely N-dealkylation sites (N-methyl/N-ethyl adjacent to an activating group) is 1. The Morgan fingerprint density at radius 2 is 1.42 bits per heavy atom. The summed E-state index contributed by atoms with van der Waals surface area (Å²) in [5.74, 6) is -0.766. The first-order valence-corrected chi connectivity index (χ1v) is 16.0. The molecule has 4 aromatic carbocycles. The molecule has 0 aliphatic rings. The fraction of sp³-hybridized carbons (Fsp3) is 0.257. The average Bonchev–Trinajstić information content (AvgIpc) is 3.02. The van der Waals surface area contributed by atoms with Crippen molar-refractivity contribution in [3.63, 3.8) is 0 Å². The molecule has 4 rings (SSSR count). The Morgan fingerprint density at radius 3 is 2.07 bits per heavy atom. The van der Waals surface area contributed by atoms with Crippen LogP contribution in [0.4, 0.5) is 5.69 Å². The third-order valence-corrected chi connectivity index (χ3v) is 9.08. The van der Waals surface area contributed by atoms with Gasteiger partial charge in [-0.15, -0.1) is 0 Å². The minimum atomic E-state index is -4.12. The molecule has 0 unspecified atom stereocenters. The van der Waals surface area contributed by atoms with E-state index in [1.54, 1.807) is 30.3 Å². The highest BCUT2D eigenvalue weighted by atomic mass is 32.2. The molecule has 1 atom stereocenters. The van der Waals surface area contributed by atoms with E-state index in [1.807, 2.05) is 87.5 Å². The molecule has 0 saturated carbocycles. The van der Waals surface area contributed by atoms with Gasteiger partial charge >= 0.3 is 0 Å². The summed E-state index contributed by atoms with van der Waals surface area (Å²) < 4.78 is 29.5. The van der Waals surface area contributed by atoms with Crippen molar-refractivity contribution < 1.29 is 18.0 Å². The van der Waals surface area contributed by atoms with Gasteiger partial charge in [0, 0.05) is 19.5 Å². The summed E-state index contributed by atoms with van der Waals surface area (Å²) in [4.78, 5) is 29.7. The van der Waals surface area contributed by atoms with Crippen LogP contribution < -0.4 is 9.62 Å². The fourth-order valence-corrected chi connectivity index (χ4v) is 6.61. The molecule has 7 nitrogen and oxygen atoms in total. The number of nitrogens with zero attached hydrogens (tertiary/aromatic N) is 2. The Bertz CT molecular complexity index is 1630. The number of para-hydroxylation sites is 1. The minimum Gasteiger partial charge on any atom is -0.355 e. The quantitative estimate of drug-likeness (QED) is 0.220. The number of carbonyl (C=O) groups is 2. The standard InChI is InChI=1S/C35H39N3O4S/c1-4-30-19-12-13-22-32(30)38(43(41,42)31-20-10-7-11-21-31)26-34(39)37(25-29-18-14-15-27(3)23-29)33(35(40)36-5-2)24-28-16-8-6-9-17-28/h6-23,33H,4-5,24-26H2,1-3H3,(H,36,40)/t33-/m1/s1. The minimum absolute atomic E-state index is 0.0866. The lowest BCUT2D eigenvalue weighted by atomic mass is 10.0. The zero-order valence-electron chi connectivity index (χ0n) is 24.9. The van der Waals surface area contributed by atoms with Crippen molar-refractivity contribution in [1.29, 1.82) is 0 Å². The van der Waals surface area contributed by atoms with Crippen molar-refractivity contribution in [3.8, 4) is 0 Å². The van der Waals surface area contributed by atoms with E-state index in [2.05, 4.69) is 5.32 Å². The Labute approximate surface area is 255 Å². The average molecular weight is 598 g/mol. The molecule has 4 aromatic rings. The van der Waals surface area contributed by atoms with E-state index in [0.29, 0.717) is 18.7 Å². The van der Waals surface area contributed by atoms with Crippen LogP contribution in [0.15, 0.2) is 114 Å². The van der Waals surface area contributed by atoms with Crippen molar-refractivity contribution in [3.05, 3.63) is 131 Å². The predicted octanol–water partition coefficient (Wildman–Crippen LogP) is 5.53. The number of nitrogens with one attached hydrogen (secondary N) is 1. The summed E-state index contributed by atoms with van der Waals surface area (Å²) in [6.07, 6.45) is 0.856. The summed E-state index contributed by atoms with van der Waals surface area (Å²) in [5, 5.41) is 2.89. The lowest BCUT2D eigenvalue weighted by molar-refractivity contribution is -0.140. The molecular weight excluding hydrogens is 558 g/mol. The van der Waals surface area contributed by atoms with Crippen molar-refractivity contribution in [2.45, 2.75) is 51.1 Å². The number of amides is 2. The number of sulfonamides is 1. The van der Waals surface area contributed by atoms with Gasteiger partial charge in [0.15, 0.2) is 0 Å². The maximum atomic E-state index is 14.5. The number of carbonyl (C=O) groups excluding carboxylic acids is 2. The van der Waals surface area contributed by atoms with Gasteiger partial charge in [-0.1, -0.05) is 103 Å². The first-order chi connectivity index (χ1) is 20.7. The van der Waals surface area contributed by atoms with E-state index in [9.17, 15) is 18.0 Å². The molecule has 43 heavy (non-hydrogen) atoms. The van der Waals surface area contributed by atoms with Crippen LogP contribution in [-0.4, -0.2) is 44.3 Å². The summed E-state index contributed by atoms with van der Waals surface area (Å²) in [6, 6.07) is 31.8. The monoisotopic (exact) mass is 597 g/mol. The molecule has 0 heterocycles. The number of anilines is 1. The van der Waals surface area contributed by atoms with E-state index in [1.165, 1.54) is 21.3 Å². The van der Waals surface area contributed by atoms with Crippen LogP contribution >= 0.6 is 0 Å². The first-order valence-electron chi connectivity index (χ1n) is 14.6. The zero-order valence-corrected chi connectivity index (χ0v) is 25.8. The topological polar surface area (TPSA) is 86.8 Å². The Kier molecular flexibility index (Phi) is 10.7. The Balaban J connectivity index is 1.82. The highest BCUT2D eigenvalue weighted by Crippen LogP contribution is 2.28. The zero-order chi connectivity index (χ0) is 30.8. The highest BCUT2D eigenvalue weighted by Gasteiger charge is 2.35. The van der Waals surface area contributed by atoms with Gasteiger partial charge < -0.3 is 10.2 Å². The number of benzene rings is 4. The molecule has 0 bridgehead atoms. The number of hydrogen-bond donors (Lipinski definition) is 1. The van der Waals surface area contributed by atoms with Gasteiger partial charge in [-0.2, -0.15) is 0 Å². The molecule has 8 heteroatoms. The second kappa shape index (κ2) is 14.6. The van der Waals surface area contributed by atoms with Crippen molar-refractivity contribution in [2.24, 2.45) is 0 Å². The third kappa shape index (κ3) is 7.90. The lowest BCUT2D eigenvalue weighted by Crippen LogP contribution is -2.53. The van der Waals surface area contributed by atoms with Crippen LogP contribution in [0.2, 0.25) is 0 Å². The largest absolute Gasteiger partial charge is 0.355 e. The van der Waals surface area contributed by atoms with Crippen LogP contribution in [0.1, 0.15) is 36.1 Å². The predicted molar refractivity (Wildman–Crippen MR) is 171 cm³/mol. The summed E-state index contributed by atoms with van der Waals surface area (Å²) in [7, 11) is -4.12. The van der Waals surface area contributed by atoms with Crippen molar-refractivity contribution in [2.75, 3.05) is 17.4 Å². The maximum absolute atomic E-state index is 14.5. The molecule has 0 spiro atoms. The number of rotatable bonds is 13. The maximum Gasteiger partial charge on any atom is 0.264 e. The number of hydrogen-bond acceptors (Lipinski definition) is 4. The van der Waals surface area contributed by atoms with Crippen molar-refractivity contribution >= 4 is 27.5 Å². The smallest absolute Gasteiger partial charge is 0.264 e. The van der Waals surface area contributed by atoms with Crippen molar-refractivity contribution in [1.82, 2.24) is 10.2 Å². The second-order valence-corrected chi connectivity index (χ2v) is 12.3. The first kappa shape index (κ1) is 31.5. The number of aryl methyl sites for hydroxylation is 2. The van der Waals surface area contributed by atoms with E-state index in [-0.39, 0.29) is 23.8 Å². The second-order valence-electron chi connectivity index (χ2n) is 10.4. The summed E-state index contributed by atoms with van der Waals surface area (Å²) >= 11 is 0. The van der Waals surface area contributed by atoms with Crippen LogP contribution in [0.5, 0.6) is 0 Å². The normalized spacial score (nSPS) is 11.9. The van der Waals surface area contributed by atoms with Crippen LogP contribution in [0, 0.1) is 6.92 Å². The molecule has 0 saturated heterocycles. The van der Waals surface area contributed by atoms with Gasteiger partial charge in [-0.05, 0) is 55.2 Å². The Hall–Kier alpha value is -4.43. The van der Waals surface area contributed by atoms with Gasteiger partial charge in [0.25, 0.3) is 10.0 Å². The molecule has 1 N–H and O–H groups in total. The molecule has 0 radical (unpaired) electrons. The van der Waals surface area contributed by atoms with E-state index in [0.717, 1.165) is 22.3 Å². The van der Waals surface area contributed by atoms with Crippen LogP contribution in [-0.2, 0) is 39.0 Å². The lowest BCUT2D eigenvalue weighted by Gasteiger charge is -2.34. The van der Waals surface area contributed by atoms with E-state index in [4.69, 9.17) is 0 Å². The van der Waals surface area contributed by atoms with E-state index < -0.39 is 28.5 Å². The van der Waals surface area contributed by atoms with Crippen LogP contribution in [0.25, 0.3) is 0 Å². The third-order valence-electron chi connectivity index (χ3n) is 7.31. The summed E-state index contributed by atoms with van der Waals surface area (Å²) in [5.41, 5.74) is 4.00. The van der Waals surface area contributed by atoms with Crippen LogP contribution in [0.3, 0.4) is 0 Å².